The van der Waals surface area contributed by atoms with Gasteiger partial charge < -0.3 is 14.9 Å². The van der Waals surface area contributed by atoms with Crippen LogP contribution in [0.2, 0.25) is 0 Å². The highest BCUT2D eigenvalue weighted by Crippen LogP contribution is 2.29. The minimum absolute atomic E-state index is 0.107. The molecule has 0 aromatic carbocycles. The van der Waals surface area contributed by atoms with Crippen molar-refractivity contribution in [1.82, 2.24) is 0 Å². The number of carbonyl (C=O) groups is 3. The Hall–Kier alpha value is -1.85. The molecule has 31 heavy (non-hydrogen) atoms. The standard InChI is InChI=1S/C17H32O2.C8H12O4/c1-5-7-8-9-10-11-13-16(12-6-2)17(18)19-14-15(3)4;9-7(10)5-2-1-3-6(4-5)8(11)12/h13,15H,5-12,14H2,1-4H3;5-6H,1-4H2,(H,9,10)(H,11,12). The van der Waals surface area contributed by atoms with E-state index < -0.39 is 23.8 Å². The summed E-state index contributed by atoms with van der Waals surface area (Å²) in [5, 5.41) is 17.3. The molecule has 2 N–H and O–H groups in total. The third-order valence-electron chi connectivity index (χ3n) is 5.40. The topological polar surface area (TPSA) is 101 Å². The number of carbonyl (C=O) groups excluding carboxylic acids is 1. The first kappa shape index (κ1) is 29.1. The molecular formula is C25H44O6. The largest absolute Gasteiger partial charge is 0.481 e. The van der Waals surface area contributed by atoms with E-state index in [9.17, 15) is 14.4 Å². The fraction of sp³-hybridized carbons (Fsp3) is 0.800. The molecule has 0 amide bonds. The number of rotatable bonds is 13. The zero-order valence-electron chi connectivity index (χ0n) is 20.0. The lowest BCUT2D eigenvalue weighted by atomic mass is 9.81. The minimum atomic E-state index is -0.860. The quantitative estimate of drug-likeness (QED) is 0.200. The Morgan fingerprint density at radius 2 is 1.52 bits per heavy atom. The molecule has 6 heteroatoms. The van der Waals surface area contributed by atoms with E-state index in [0.29, 0.717) is 38.2 Å². The maximum atomic E-state index is 11.9. The van der Waals surface area contributed by atoms with Crippen LogP contribution in [-0.4, -0.2) is 34.7 Å². The zero-order valence-corrected chi connectivity index (χ0v) is 20.0. The number of carboxylic acid groups (broad SMARTS) is 2. The van der Waals surface area contributed by atoms with E-state index in [0.717, 1.165) is 24.8 Å². The summed E-state index contributed by atoms with van der Waals surface area (Å²) in [7, 11) is 0. The molecule has 1 rings (SSSR count). The molecule has 180 valence electrons. The minimum Gasteiger partial charge on any atom is -0.481 e. The van der Waals surface area contributed by atoms with Gasteiger partial charge >= 0.3 is 17.9 Å². The van der Waals surface area contributed by atoms with Gasteiger partial charge in [-0.1, -0.05) is 72.3 Å². The Labute approximate surface area is 188 Å². The molecule has 0 spiro atoms. The monoisotopic (exact) mass is 440 g/mol. The van der Waals surface area contributed by atoms with Crippen molar-refractivity contribution >= 4 is 17.9 Å². The summed E-state index contributed by atoms with van der Waals surface area (Å²) in [5.41, 5.74) is 0.874. The molecule has 6 nitrogen and oxygen atoms in total. The molecule has 0 bridgehead atoms. The number of esters is 1. The zero-order chi connectivity index (χ0) is 23.6. The molecule has 0 heterocycles. The molecule has 2 unspecified atom stereocenters. The van der Waals surface area contributed by atoms with E-state index in [1.165, 1.54) is 32.1 Å². The van der Waals surface area contributed by atoms with Crippen molar-refractivity contribution < 1.29 is 29.3 Å². The van der Waals surface area contributed by atoms with Gasteiger partial charge in [-0.15, -0.1) is 0 Å². The summed E-state index contributed by atoms with van der Waals surface area (Å²) in [6, 6.07) is 0. The Balaban J connectivity index is 0.000000639. The molecule has 1 aliphatic carbocycles. The van der Waals surface area contributed by atoms with Gasteiger partial charge in [0.1, 0.15) is 0 Å². The predicted octanol–water partition coefficient (Wildman–Crippen LogP) is 6.23. The van der Waals surface area contributed by atoms with Crippen molar-refractivity contribution in [3.8, 4) is 0 Å². The van der Waals surface area contributed by atoms with Gasteiger partial charge in [-0.05, 0) is 44.4 Å². The van der Waals surface area contributed by atoms with E-state index in [2.05, 4.69) is 33.8 Å². The Morgan fingerprint density at radius 3 is 2.00 bits per heavy atom. The maximum Gasteiger partial charge on any atom is 0.333 e. The van der Waals surface area contributed by atoms with Gasteiger partial charge in [-0.2, -0.15) is 0 Å². The van der Waals surface area contributed by atoms with Crippen molar-refractivity contribution in [2.45, 2.75) is 105 Å². The summed E-state index contributed by atoms with van der Waals surface area (Å²) in [5.74, 6) is -2.31. The first-order valence-electron chi connectivity index (χ1n) is 12.0. The summed E-state index contributed by atoms with van der Waals surface area (Å²) in [6.07, 6.45) is 13.6. The lowest BCUT2D eigenvalue weighted by molar-refractivity contribution is -0.148. The highest BCUT2D eigenvalue weighted by molar-refractivity contribution is 5.88. The van der Waals surface area contributed by atoms with E-state index in [1.54, 1.807) is 0 Å². The van der Waals surface area contributed by atoms with Crippen LogP contribution in [0.5, 0.6) is 0 Å². The average Bonchev–Trinajstić information content (AvgIpc) is 2.74. The number of carboxylic acids is 2. The number of ether oxygens (including phenoxy) is 1. The van der Waals surface area contributed by atoms with Crippen LogP contribution in [0.3, 0.4) is 0 Å². The van der Waals surface area contributed by atoms with E-state index in [4.69, 9.17) is 14.9 Å². The van der Waals surface area contributed by atoms with Crippen molar-refractivity contribution in [3.05, 3.63) is 11.6 Å². The summed E-state index contributed by atoms with van der Waals surface area (Å²) in [6.45, 7) is 8.97. The van der Waals surface area contributed by atoms with Gasteiger partial charge in [0.15, 0.2) is 0 Å². The third-order valence-corrected chi connectivity index (χ3v) is 5.40. The first-order valence-corrected chi connectivity index (χ1v) is 12.0. The number of hydrogen-bond donors (Lipinski definition) is 2. The van der Waals surface area contributed by atoms with Crippen LogP contribution in [-0.2, 0) is 19.1 Å². The fourth-order valence-corrected chi connectivity index (χ4v) is 3.55. The number of hydrogen-bond acceptors (Lipinski definition) is 4. The van der Waals surface area contributed by atoms with Crippen molar-refractivity contribution in [2.75, 3.05) is 6.61 Å². The van der Waals surface area contributed by atoms with Crippen molar-refractivity contribution in [3.63, 3.8) is 0 Å². The lowest BCUT2D eigenvalue weighted by Gasteiger charge is -2.23. The van der Waals surface area contributed by atoms with Crippen molar-refractivity contribution in [1.29, 1.82) is 0 Å². The SMILES string of the molecule is CCCCCCCC=C(CCC)C(=O)OCC(C)C.O=C(O)C1CCCC(C(=O)O)C1. The summed E-state index contributed by atoms with van der Waals surface area (Å²) >= 11 is 0. The summed E-state index contributed by atoms with van der Waals surface area (Å²) in [4.78, 5) is 33.0. The highest BCUT2D eigenvalue weighted by atomic mass is 16.5. The van der Waals surface area contributed by atoms with Crippen LogP contribution < -0.4 is 0 Å². The molecule has 1 aliphatic rings. The molecule has 2 atom stereocenters. The van der Waals surface area contributed by atoms with Crippen LogP contribution >= 0.6 is 0 Å². The second-order valence-electron chi connectivity index (χ2n) is 8.91. The number of allylic oxidation sites excluding steroid dienone is 1. The normalized spacial score (nSPS) is 18.8. The Morgan fingerprint density at radius 1 is 0.935 bits per heavy atom. The van der Waals surface area contributed by atoms with E-state index in [-0.39, 0.29) is 5.97 Å². The molecule has 1 saturated carbocycles. The Bertz CT molecular complexity index is 532. The molecular weight excluding hydrogens is 396 g/mol. The van der Waals surface area contributed by atoms with Gasteiger partial charge in [0.2, 0.25) is 0 Å². The third kappa shape index (κ3) is 14.7. The fourth-order valence-electron chi connectivity index (χ4n) is 3.55. The number of unbranched alkanes of at least 4 members (excludes halogenated alkanes) is 5. The van der Waals surface area contributed by atoms with Gasteiger partial charge in [0.05, 0.1) is 18.4 Å². The second-order valence-corrected chi connectivity index (χ2v) is 8.91. The molecule has 0 aromatic heterocycles. The van der Waals surface area contributed by atoms with E-state index >= 15 is 0 Å². The lowest BCUT2D eigenvalue weighted by Crippen LogP contribution is -2.26. The van der Waals surface area contributed by atoms with E-state index in [1.807, 2.05) is 0 Å². The molecule has 0 saturated heterocycles. The van der Waals surface area contributed by atoms with Gasteiger partial charge in [0.25, 0.3) is 0 Å². The smallest absolute Gasteiger partial charge is 0.333 e. The van der Waals surface area contributed by atoms with Gasteiger partial charge in [-0.3, -0.25) is 9.59 Å². The highest BCUT2D eigenvalue weighted by Gasteiger charge is 2.30. The second kappa shape index (κ2) is 17.8. The summed E-state index contributed by atoms with van der Waals surface area (Å²) < 4.78 is 5.31. The van der Waals surface area contributed by atoms with Crippen LogP contribution in [0.25, 0.3) is 0 Å². The average molecular weight is 441 g/mol. The predicted molar refractivity (Wildman–Crippen MR) is 123 cm³/mol. The maximum absolute atomic E-state index is 11.9. The Kier molecular flexibility index (Phi) is 16.7. The first-order chi connectivity index (χ1) is 14.7. The van der Waals surface area contributed by atoms with Gasteiger partial charge in [0, 0.05) is 5.57 Å². The molecule has 0 aliphatic heterocycles. The van der Waals surface area contributed by atoms with Crippen LogP contribution in [0.15, 0.2) is 11.6 Å². The van der Waals surface area contributed by atoms with Crippen LogP contribution in [0.1, 0.15) is 105 Å². The van der Waals surface area contributed by atoms with Gasteiger partial charge in [-0.25, -0.2) is 4.79 Å². The number of aliphatic carboxylic acids is 2. The molecule has 0 radical (unpaired) electrons. The van der Waals surface area contributed by atoms with Crippen LogP contribution in [0, 0.1) is 17.8 Å². The molecule has 1 fully saturated rings. The van der Waals surface area contributed by atoms with Crippen LogP contribution in [0.4, 0.5) is 0 Å². The van der Waals surface area contributed by atoms with Crippen molar-refractivity contribution in [2.24, 2.45) is 17.8 Å². The molecule has 0 aromatic rings.